The Morgan fingerprint density at radius 2 is 1.91 bits per heavy atom. The lowest BCUT2D eigenvalue weighted by Gasteiger charge is -2.35. The van der Waals surface area contributed by atoms with Gasteiger partial charge in [-0.25, -0.2) is 22.5 Å². The van der Waals surface area contributed by atoms with E-state index in [9.17, 15) is 22.4 Å². The van der Waals surface area contributed by atoms with Crippen LogP contribution in [-0.2, 0) is 0 Å². The van der Waals surface area contributed by atoms with Gasteiger partial charge in [-0.3, -0.25) is 4.79 Å². The van der Waals surface area contributed by atoms with Crippen molar-refractivity contribution in [2.75, 3.05) is 25.1 Å². The molecule has 3 N–H and O–H groups in total. The highest BCUT2D eigenvalue weighted by molar-refractivity contribution is 6.04. The Bertz CT molecular complexity index is 1030. The highest BCUT2D eigenvalue weighted by atomic mass is 19.3. The molecule has 10 heteroatoms. The van der Waals surface area contributed by atoms with Gasteiger partial charge >= 0.3 is 0 Å². The first-order valence-corrected chi connectivity index (χ1v) is 10.2. The van der Waals surface area contributed by atoms with E-state index in [1.807, 2.05) is 11.8 Å². The maximum absolute atomic E-state index is 14.1. The van der Waals surface area contributed by atoms with Crippen LogP contribution in [-0.4, -0.2) is 48.6 Å². The maximum Gasteiger partial charge on any atom is 0.255 e. The topological polar surface area (TPSA) is 80.5 Å². The van der Waals surface area contributed by atoms with Crippen molar-refractivity contribution in [1.29, 1.82) is 0 Å². The van der Waals surface area contributed by atoms with Crippen molar-refractivity contribution in [1.82, 2.24) is 10.3 Å². The molecule has 0 spiro atoms. The molecule has 1 saturated carbocycles. The third-order valence-corrected chi connectivity index (χ3v) is 5.85. The van der Waals surface area contributed by atoms with Gasteiger partial charge in [-0.2, -0.15) is 0 Å². The third-order valence-electron chi connectivity index (χ3n) is 5.85. The van der Waals surface area contributed by atoms with Gasteiger partial charge in [-0.1, -0.05) is 0 Å². The van der Waals surface area contributed by atoms with Gasteiger partial charge in [0.15, 0.2) is 0 Å². The van der Waals surface area contributed by atoms with Crippen molar-refractivity contribution in [3.8, 4) is 17.0 Å². The van der Waals surface area contributed by atoms with Gasteiger partial charge in [0.1, 0.15) is 11.6 Å². The van der Waals surface area contributed by atoms with Gasteiger partial charge in [0.25, 0.3) is 11.8 Å². The number of amides is 1. The summed E-state index contributed by atoms with van der Waals surface area (Å²) in [5, 5.41) is 2.61. The quantitative estimate of drug-likeness (QED) is 0.679. The second-order valence-corrected chi connectivity index (χ2v) is 8.82. The summed E-state index contributed by atoms with van der Waals surface area (Å²) in [6.45, 7) is 2.71. The molecule has 2 fully saturated rings. The number of hydrogen-bond acceptors (Lipinski definition) is 5. The van der Waals surface area contributed by atoms with Crippen molar-refractivity contribution in [3.05, 3.63) is 41.6 Å². The lowest BCUT2D eigenvalue weighted by molar-refractivity contribution is -0.0901. The van der Waals surface area contributed by atoms with Crippen LogP contribution in [0.2, 0.25) is 0 Å². The van der Waals surface area contributed by atoms with Crippen molar-refractivity contribution in [2.45, 2.75) is 43.7 Å². The zero-order valence-corrected chi connectivity index (χ0v) is 17.7. The number of ether oxygens (including phenoxy) is 1. The average molecular weight is 452 g/mol. The van der Waals surface area contributed by atoms with Crippen molar-refractivity contribution >= 4 is 11.6 Å². The Balaban J connectivity index is 1.83. The summed E-state index contributed by atoms with van der Waals surface area (Å²) < 4.78 is 59.9. The van der Waals surface area contributed by atoms with E-state index in [4.69, 9.17) is 10.5 Å². The standard InChI is InChI=1S/C22H24F4N4O2/c1-21(27)3-4-30(11-21)18-16(19(31)29-15-8-22(25,26)9-15)10-28-20(32-2)17(18)12-5-13(23)7-14(24)6-12/h5-7,10,15H,3-4,8-9,11,27H2,1-2H3,(H,29,31)/t21-/m0/s1. The van der Waals surface area contributed by atoms with E-state index in [0.29, 0.717) is 25.2 Å². The predicted octanol–water partition coefficient (Wildman–Crippen LogP) is 3.49. The molecule has 2 aliphatic rings. The summed E-state index contributed by atoms with van der Waals surface area (Å²) in [5.74, 6) is -4.92. The fraction of sp³-hybridized carbons (Fsp3) is 0.455. The molecule has 0 radical (unpaired) electrons. The van der Waals surface area contributed by atoms with Crippen LogP contribution in [0.3, 0.4) is 0 Å². The van der Waals surface area contributed by atoms with Crippen LogP contribution >= 0.6 is 0 Å². The van der Waals surface area contributed by atoms with E-state index >= 15 is 0 Å². The van der Waals surface area contributed by atoms with E-state index < -0.39 is 47.9 Å². The summed E-state index contributed by atoms with van der Waals surface area (Å²) in [4.78, 5) is 19.1. The number of hydrogen-bond donors (Lipinski definition) is 2. The zero-order valence-electron chi connectivity index (χ0n) is 17.7. The molecule has 1 aliphatic carbocycles. The monoisotopic (exact) mass is 452 g/mol. The smallest absolute Gasteiger partial charge is 0.255 e. The van der Waals surface area contributed by atoms with E-state index in [1.54, 1.807) is 0 Å². The fourth-order valence-electron chi connectivity index (χ4n) is 4.29. The molecule has 1 aromatic heterocycles. The van der Waals surface area contributed by atoms with Crippen molar-refractivity contribution in [2.24, 2.45) is 5.73 Å². The van der Waals surface area contributed by atoms with Gasteiger partial charge in [0, 0.05) is 49.8 Å². The van der Waals surface area contributed by atoms with Gasteiger partial charge in [-0.05, 0) is 31.0 Å². The maximum atomic E-state index is 14.1. The Kier molecular flexibility index (Phi) is 5.52. The summed E-state index contributed by atoms with van der Waals surface area (Å²) >= 11 is 0. The number of pyridine rings is 1. The fourth-order valence-corrected chi connectivity index (χ4v) is 4.29. The van der Waals surface area contributed by atoms with Crippen LogP contribution in [0.1, 0.15) is 36.5 Å². The Labute approximate surface area is 182 Å². The molecular formula is C22H24F4N4O2. The summed E-state index contributed by atoms with van der Waals surface area (Å²) in [6, 6.07) is 2.32. The Morgan fingerprint density at radius 3 is 2.44 bits per heavy atom. The molecule has 2 heterocycles. The normalized spacial score (nSPS) is 22.5. The number of nitrogens with zero attached hydrogens (tertiary/aromatic N) is 2. The van der Waals surface area contributed by atoms with Crippen LogP contribution in [0.25, 0.3) is 11.1 Å². The number of aromatic nitrogens is 1. The molecule has 32 heavy (non-hydrogen) atoms. The number of nitrogens with two attached hydrogens (primary N) is 1. The first-order valence-electron chi connectivity index (χ1n) is 10.2. The number of benzene rings is 1. The molecule has 1 aromatic carbocycles. The second kappa shape index (κ2) is 7.91. The lowest BCUT2D eigenvalue weighted by atomic mass is 9.88. The van der Waals surface area contributed by atoms with Crippen molar-refractivity contribution < 1.29 is 27.1 Å². The summed E-state index contributed by atoms with van der Waals surface area (Å²) in [6.07, 6.45) is 1.02. The Hall–Kier alpha value is -2.88. The number of carbonyl (C=O) groups is 1. The Morgan fingerprint density at radius 1 is 1.25 bits per heavy atom. The van der Waals surface area contributed by atoms with Crippen LogP contribution in [0.5, 0.6) is 5.88 Å². The molecule has 0 unspecified atom stereocenters. The molecule has 1 amide bonds. The molecule has 4 rings (SSSR count). The predicted molar refractivity (Wildman–Crippen MR) is 111 cm³/mol. The van der Waals surface area contributed by atoms with Crippen LogP contribution in [0.15, 0.2) is 24.4 Å². The molecule has 6 nitrogen and oxygen atoms in total. The summed E-state index contributed by atoms with van der Waals surface area (Å²) in [7, 11) is 1.36. The molecule has 0 bridgehead atoms. The first kappa shape index (κ1) is 22.3. The molecular weight excluding hydrogens is 428 g/mol. The largest absolute Gasteiger partial charge is 0.480 e. The minimum absolute atomic E-state index is 0.0716. The second-order valence-electron chi connectivity index (χ2n) is 8.82. The highest BCUT2D eigenvalue weighted by Gasteiger charge is 2.46. The van der Waals surface area contributed by atoms with Gasteiger partial charge < -0.3 is 20.7 Å². The SMILES string of the molecule is COc1ncc(C(=O)NC2CC(F)(F)C2)c(N2CC[C@](C)(N)C2)c1-c1cc(F)cc(F)c1. The average Bonchev–Trinajstić information content (AvgIpc) is 3.04. The van der Waals surface area contributed by atoms with Crippen LogP contribution in [0.4, 0.5) is 23.2 Å². The lowest BCUT2D eigenvalue weighted by Crippen LogP contribution is -2.50. The summed E-state index contributed by atoms with van der Waals surface area (Å²) in [5.41, 5.74) is 6.55. The zero-order chi connectivity index (χ0) is 23.3. The number of anilines is 1. The number of nitrogens with one attached hydrogen (secondary N) is 1. The number of alkyl halides is 2. The van der Waals surface area contributed by atoms with E-state index in [1.165, 1.54) is 13.3 Å². The van der Waals surface area contributed by atoms with Crippen LogP contribution < -0.4 is 20.7 Å². The minimum atomic E-state index is -2.79. The van der Waals surface area contributed by atoms with Gasteiger partial charge in [0.05, 0.1) is 23.9 Å². The molecule has 2 aromatic rings. The van der Waals surface area contributed by atoms with E-state index in [2.05, 4.69) is 10.3 Å². The third kappa shape index (κ3) is 4.36. The van der Waals surface area contributed by atoms with E-state index in [0.717, 1.165) is 18.2 Å². The minimum Gasteiger partial charge on any atom is -0.480 e. The molecule has 172 valence electrons. The molecule has 1 aliphatic heterocycles. The number of halogens is 4. The van der Waals surface area contributed by atoms with Gasteiger partial charge in [0.2, 0.25) is 5.88 Å². The number of rotatable bonds is 5. The van der Waals surface area contributed by atoms with Crippen LogP contribution in [0, 0.1) is 11.6 Å². The number of methoxy groups -OCH3 is 1. The van der Waals surface area contributed by atoms with Crippen molar-refractivity contribution in [3.63, 3.8) is 0 Å². The van der Waals surface area contributed by atoms with Gasteiger partial charge in [-0.15, -0.1) is 0 Å². The molecule has 1 atom stereocenters. The molecule has 1 saturated heterocycles. The first-order chi connectivity index (χ1) is 15.0. The van der Waals surface area contributed by atoms with E-state index in [-0.39, 0.29) is 22.6 Å². The highest BCUT2D eigenvalue weighted by Crippen LogP contribution is 2.43. The number of carbonyl (C=O) groups excluding carboxylic acids is 1.